The molecule has 0 saturated carbocycles. The third-order valence-electron chi connectivity index (χ3n) is 3.41. The van der Waals surface area contributed by atoms with Gasteiger partial charge in [0.2, 0.25) is 5.91 Å². The monoisotopic (exact) mass is 312 g/mol. The van der Waals surface area contributed by atoms with Crippen LogP contribution in [-0.2, 0) is 4.79 Å². The largest absolute Gasteiger partial charge is 0.495 e. The van der Waals surface area contributed by atoms with Gasteiger partial charge in [-0.3, -0.25) is 4.79 Å². The Morgan fingerprint density at radius 3 is 2.76 bits per heavy atom. The van der Waals surface area contributed by atoms with Gasteiger partial charge in [0, 0.05) is 37.6 Å². The molecule has 0 atom stereocenters. The highest BCUT2D eigenvalue weighted by molar-refractivity contribution is 6.31. The van der Waals surface area contributed by atoms with E-state index in [1.165, 1.54) is 0 Å². The molecule has 0 aliphatic carbocycles. The van der Waals surface area contributed by atoms with Crippen LogP contribution < -0.4 is 10.1 Å². The first-order valence-electron chi connectivity index (χ1n) is 7.31. The predicted molar refractivity (Wildman–Crippen MR) is 88.4 cm³/mol. The molecule has 4 nitrogen and oxygen atoms in total. The van der Waals surface area contributed by atoms with Gasteiger partial charge < -0.3 is 15.0 Å². The van der Waals surface area contributed by atoms with Crippen LogP contribution in [0.3, 0.4) is 0 Å². The number of hydrogen-bond acceptors (Lipinski definition) is 3. The van der Waals surface area contributed by atoms with Crippen LogP contribution in [0.15, 0.2) is 12.1 Å². The first-order valence-corrected chi connectivity index (χ1v) is 7.69. The SMILES string of the molecule is CCCCN(C)C(=O)CCNc1cc(C)c(Cl)cc1OC. The molecule has 0 aliphatic rings. The van der Waals surface area contributed by atoms with Gasteiger partial charge >= 0.3 is 0 Å². The zero-order valence-electron chi connectivity index (χ0n) is 13.3. The van der Waals surface area contributed by atoms with Crippen LogP contribution >= 0.6 is 11.6 Å². The Morgan fingerprint density at radius 1 is 1.43 bits per heavy atom. The molecule has 0 bridgehead atoms. The van der Waals surface area contributed by atoms with Crippen molar-refractivity contribution in [1.82, 2.24) is 4.90 Å². The molecule has 0 heterocycles. The van der Waals surface area contributed by atoms with Crippen molar-refractivity contribution in [2.75, 3.05) is 32.6 Å². The number of aryl methyl sites for hydroxylation is 1. The van der Waals surface area contributed by atoms with E-state index in [1.54, 1.807) is 18.1 Å². The summed E-state index contributed by atoms with van der Waals surface area (Å²) in [7, 11) is 3.46. The van der Waals surface area contributed by atoms with E-state index in [0.29, 0.717) is 23.7 Å². The Balaban J connectivity index is 2.52. The second-order valence-corrected chi connectivity index (χ2v) is 5.55. The maximum atomic E-state index is 11.9. The van der Waals surface area contributed by atoms with Crippen molar-refractivity contribution in [3.63, 3.8) is 0 Å². The molecular weight excluding hydrogens is 288 g/mol. The summed E-state index contributed by atoms with van der Waals surface area (Å²) in [5.74, 6) is 0.845. The Bertz CT molecular complexity index is 478. The van der Waals surface area contributed by atoms with Gasteiger partial charge in [0.1, 0.15) is 5.75 Å². The number of carbonyl (C=O) groups excluding carboxylic acids is 1. The highest BCUT2D eigenvalue weighted by Crippen LogP contribution is 2.30. The number of halogens is 1. The molecule has 1 N–H and O–H groups in total. The quantitative estimate of drug-likeness (QED) is 0.795. The van der Waals surface area contributed by atoms with Crippen LogP contribution in [-0.4, -0.2) is 38.1 Å². The molecule has 0 fully saturated rings. The van der Waals surface area contributed by atoms with Crippen molar-refractivity contribution in [1.29, 1.82) is 0 Å². The number of unbranched alkanes of at least 4 members (excludes halogenated alkanes) is 1. The molecule has 21 heavy (non-hydrogen) atoms. The Hall–Kier alpha value is -1.42. The molecule has 5 heteroatoms. The molecule has 118 valence electrons. The molecule has 1 aromatic rings. The van der Waals surface area contributed by atoms with Gasteiger partial charge in [-0.25, -0.2) is 0 Å². The summed E-state index contributed by atoms with van der Waals surface area (Å²) < 4.78 is 5.30. The molecule has 0 saturated heterocycles. The fourth-order valence-electron chi connectivity index (χ4n) is 1.99. The maximum absolute atomic E-state index is 11.9. The summed E-state index contributed by atoms with van der Waals surface area (Å²) in [5, 5.41) is 3.92. The van der Waals surface area contributed by atoms with Crippen molar-refractivity contribution in [3.8, 4) is 5.75 Å². The molecule has 0 aromatic heterocycles. The van der Waals surface area contributed by atoms with Crippen molar-refractivity contribution in [2.24, 2.45) is 0 Å². The van der Waals surface area contributed by atoms with Crippen molar-refractivity contribution >= 4 is 23.2 Å². The minimum absolute atomic E-state index is 0.153. The summed E-state index contributed by atoms with van der Waals surface area (Å²) in [6.45, 7) is 5.46. The van der Waals surface area contributed by atoms with E-state index < -0.39 is 0 Å². The molecule has 1 rings (SSSR count). The van der Waals surface area contributed by atoms with E-state index in [-0.39, 0.29) is 5.91 Å². The number of amides is 1. The number of nitrogens with one attached hydrogen (secondary N) is 1. The predicted octanol–water partition coefficient (Wildman–Crippen LogP) is 3.72. The average molecular weight is 313 g/mol. The lowest BCUT2D eigenvalue weighted by molar-refractivity contribution is -0.129. The zero-order chi connectivity index (χ0) is 15.8. The minimum atomic E-state index is 0.153. The Labute approximate surface area is 132 Å². The molecule has 1 aromatic carbocycles. The number of rotatable bonds is 8. The third kappa shape index (κ3) is 5.46. The number of hydrogen-bond donors (Lipinski definition) is 1. The van der Waals surface area contributed by atoms with Crippen molar-refractivity contribution in [3.05, 3.63) is 22.7 Å². The molecule has 0 aliphatic heterocycles. The summed E-state index contributed by atoms with van der Waals surface area (Å²) >= 11 is 6.07. The lowest BCUT2D eigenvalue weighted by Crippen LogP contribution is -2.29. The highest BCUT2D eigenvalue weighted by atomic mass is 35.5. The average Bonchev–Trinajstić information content (AvgIpc) is 2.47. The van der Waals surface area contributed by atoms with Crippen LogP contribution in [0.5, 0.6) is 5.75 Å². The summed E-state index contributed by atoms with van der Waals surface area (Å²) in [5.41, 5.74) is 1.84. The fraction of sp³-hybridized carbons (Fsp3) is 0.562. The second kappa shape index (κ2) is 8.78. The normalized spacial score (nSPS) is 10.3. The molecule has 0 spiro atoms. The number of ether oxygens (including phenoxy) is 1. The van der Waals surface area contributed by atoms with E-state index in [9.17, 15) is 4.79 Å². The number of anilines is 1. The summed E-state index contributed by atoms with van der Waals surface area (Å²) in [4.78, 5) is 13.7. The van der Waals surface area contributed by atoms with Gasteiger partial charge in [-0.05, 0) is 25.0 Å². The van der Waals surface area contributed by atoms with Gasteiger partial charge in [0.25, 0.3) is 0 Å². The number of methoxy groups -OCH3 is 1. The number of benzene rings is 1. The van der Waals surface area contributed by atoms with Gasteiger partial charge in [0.05, 0.1) is 12.8 Å². The molecule has 0 radical (unpaired) electrons. The van der Waals surface area contributed by atoms with Crippen molar-refractivity contribution in [2.45, 2.75) is 33.1 Å². The summed E-state index contributed by atoms with van der Waals surface area (Å²) in [6.07, 6.45) is 2.60. The topological polar surface area (TPSA) is 41.6 Å². The highest BCUT2D eigenvalue weighted by Gasteiger charge is 2.10. The zero-order valence-corrected chi connectivity index (χ0v) is 14.1. The van der Waals surface area contributed by atoms with Gasteiger partial charge in [-0.1, -0.05) is 24.9 Å². The van der Waals surface area contributed by atoms with E-state index in [4.69, 9.17) is 16.3 Å². The van der Waals surface area contributed by atoms with Crippen LogP contribution in [0.25, 0.3) is 0 Å². The van der Waals surface area contributed by atoms with Crippen LogP contribution in [0.2, 0.25) is 5.02 Å². The first-order chi connectivity index (χ1) is 9.99. The van der Waals surface area contributed by atoms with Crippen LogP contribution in [0.4, 0.5) is 5.69 Å². The Kier molecular flexibility index (Phi) is 7.37. The lowest BCUT2D eigenvalue weighted by atomic mass is 10.2. The second-order valence-electron chi connectivity index (χ2n) is 5.15. The lowest BCUT2D eigenvalue weighted by Gasteiger charge is -2.17. The van der Waals surface area contributed by atoms with Crippen molar-refractivity contribution < 1.29 is 9.53 Å². The van der Waals surface area contributed by atoms with E-state index in [2.05, 4.69) is 12.2 Å². The van der Waals surface area contributed by atoms with Gasteiger partial charge in [-0.15, -0.1) is 0 Å². The van der Waals surface area contributed by atoms with Crippen LogP contribution in [0.1, 0.15) is 31.7 Å². The maximum Gasteiger partial charge on any atom is 0.224 e. The minimum Gasteiger partial charge on any atom is -0.495 e. The molecule has 0 unspecified atom stereocenters. The molecular formula is C16H25ClN2O2. The number of carbonyl (C=O) groups is 1. The third-order valence-corrected chi connectivity index (χ3v) is 3.82. The first kappa shape index (κ1) is 17.6. The molecule has 1 amide bonds. The Morgan fingerprint density at radius 2 is 2.14 bits per heavy atom. The van der Waals surface area contributed by atoms with E-state index >= 15 is 0 Å². The van der Waals surface area contributed by atoms with E-state index in [1.807, 2.05) is 20.0 Å². The van der Waals surface area contributed by atoms with Gasteiger partial charge in [-0.2, -0.15) is 0 Å². The fourth-order valence-corrected chi connectivity index (χ4v) is 2.14. The standard InChI is InChI=1S/C16H25ClN2O2/c1-5-6-9-19(3)16(20)7-8-18-14-10-12(2)13(17)11-15(14)21-4/h10-11,18H,5-9H2,1-4H3. The van der Waals surface area contributed by atoms with Gasteiger partial charge in [0.15, 0.2) is 0 Å². The van der Waals surface area contributed by atoms with E-state index in [0.717, 1.165) is 30.6 Å². The number of nitrogens with zero attached hydrogens (tertiary/aromatic N) is 1. The smallest absolute Gasteiger partial charge is 0.224 e. The van der Waals surface area contributed by atoms with Crippen LogP contribution in [0, 0.1) is 6.92 Å². The summed E-state index contributed by atoms with van der Waals surface area (Å²) in [6, 6.07) is 3.72.